The highest BCUT2D eigenvalue weighted by Gasteiger charge is 2.13. The van der Waals surface area contributed by atoms with E-state index in [0.717, 1.165) is 0 Å². The first-order valence-corrected chi connectivity index (χ1v) is 14.3. The zero-order valence-electron chi connectivity index (χ0n) is 17.3. The van der Waals surface area contributed by atoms with E-state index in [4.69, 9.17) is 43.4 Å². The van der Waals surface area contributed by atoms with Crippen LogP contribution in [0.3, 0.4) is 0 Å². The van der Waals surface area contributed by atoms with E-state index < -0.39 is 48.0 Å². The zero-order valence-corrected chi connectivity index (χ0v) is 20.6. The lowest BCUT2D eigenvalue weighted by molar-refractivity contribution is -0.139. The van der Waals surface area contributed by atoms with Crippen LogP contribution < -0.4 is 22.9 Å². The Morgan fingerprint density at radius 3 is 0.750 bits per heavy atom. The summed E-state index contributed by atoms with van der Waals surface area (Å²) in [7, 11) is 5.91. The molecule has 0 aromatic heterocycles. The first kappa shape index (κ1) is 33.3. The van der Waals surface area contributed by atoms with Crippen molar-refractivity contribution in [2.24, 2.45) is 22.9 Å². The Labute approximate surface area is 202 Å². The Kier molecular flexibility index (Phi) is 21.5. The molecule has 0 saturated heterocycles. The molecule has 0 saturated carbocycles. The largest absolute Gasteiger partial charge is 0.480 e. The molecule has 0 aromatic rings. The number of nitrogens with two attached hydrogens (primary N) is 4. The molecule has 0 rings (SSSR count). The predicted octanol–water partition coefficient (Wildman–Crippen LogP) is -0.0564. The number of hydrogen-bond acceptors (Lipinski definition) is 12. The topological polar surface area (TPSA) is 253 Å². The van der Waals surface area contributed by atoms with Gasteiger partial charge in [-0.25, -0.2) is 0 Å². The summed E-state index contributed by atoms with van der Waals surface area (Å²) >= 11 is 0. The minimum atomic E-state index is -1.00. The monoisotopic (exact) mass is 536 g/mol. The van der Waals surface area contributed by atoms with Crippen molar-refractivity contribution < 1.29 is 39.6 Å². The Balaban J connectivity index is 0. The fourth-order valence-electron chi connectivity index (χ4n) is 1.43. The summed E-state index contributed by atoms with van der Waals surface area (Å²) in [4.78, 5) is 41.4. The van der Waals surface area contributed by atoms with E-state index in [-0.39, 0.29) is 0 Å². The third-order valence-electron chi connectivity index (χ3n) is 3.48. The van der Waals surface area contributed by atoms with Crippen molar-refractivity contribution in [2.75, 3.05) is 23.0 Å². The van der Waals surface area contributed by atoms with Crippen LogP contribution in [0.2, 0.25) is 0 Å². The third kappa shape index (κ3) is 21.0. The maximum atomic E-state index is 10.4. The molecule has 0 bridgehead atoms. The van der Waals surface area contributed by atoms with Crippen molar-refractivity contribution in [2.45, 2.75) is 49.9 Å². The minimum absolute atomic E-state index is 0.401. The molecule has 12 N–H and O–H groups in total. The zero-order chi connectivity index (χ0) is 25.1. The molecular formula is C16H32N4O8S4. The van der Waals surface area contributed by atoms with Crippen molar-refractivity contribution in [3.8, 4) is 0 Å². The summed E-state index contributed by atoms with van der Waals surface area (Å²) in [5, 5.41) is 34.0. The highest BCUT2D eigenvalue weighted by molar-refractivity contribution is 8.77. The highest BCUT2D eigenvalue weighted by Crippen LogP contribution is 2.24. The van der Waals surface area contributed by atoms with Crippen LogP contribution in [0.1, 0.15) is 25.7 Å². The Morgan fingerprint density at radius 2 is 0.625 bits per heavy atom. The molecule has 0 aliphatic carbocycles. The molecule has 0 amide bonds. The number of carboxylic acid groups (broad SMARTS) is 4. The molecule has 12 nitrogen and oxygen atoms in total. The highest BCUT2D eigenvalue weighted by atomic mass is 33.1. The maximum Gasteiger partial charge on any atom is 0.320 e. The van der Waals surface area contributed by atoms with E-state index in [2.05, 4.69) is 0 Å². The lowest BCUT2D eigenvalue weighted by atomic mass is 10.2. The van der Waals surface area contributed by atoms with Crippen molar-refractivity contribution in [3.05, 3.63) is 0 Å². The van der Waals surface area contributed by atoms with Gasteiger partial charge in [-0.15, -0.1) is 0 Å². The Hall–Kier alpha value is -0.880. The first-order valence-electron chi connectivity index (χ1n) is 9.32. The van der Waals surface area contributed by atoms with Gasteiger partial charge in [0.2, 0.25) is 0 Å². The fraction of sp³-hybridized carbons (Fsp3) is 0.750. The lowest BCUT2D eigenvalue weighted by Crippen LogP contribution is -2.30. The molecule has 0 heterocycles. The molecule has 0 spiro atoms. The van der Waals surface area contributed by atoms with Gasteiger partial charge in [-0.2, -0.15) is 0 Å². The molecule has 32 heavy (non-hydrogen) atoms. The second-order valence-corrected chi connectivity index (χ2v) is 11.6. The van der Waals surface area contributed by atoms with Crippen LogP contribution in [-0.2, 0) is 19.2 Å². The normalized spacial score (nSPS) is 14.4. The van der Waals surface area contributed by atoms with Gasteiger partial charge in [0.25, 0.3) is 0 Å². The van der Waals surface area contributed by atoms with E-state index in [9.17, 15) is 19.2 Å². The van der Waals surface area contributed by atoms with Crippen LogP contribution in [0, 0.1) is 0 Å². The summed E-state index contributed by atoms with van der Waals surface area (Å²) in [5.41, 5.74) is 21.2. The van der Waals surface area contributed by atoms with E-state index in [0.29, 0.717) is 48.7 Å². The van der Waals surface area contributed by atoms with E-state index in [1.54, 1.807) is 0 Å². The summed E-state index contributed by atoms with van der Waals surface area (Å²) in [6.07, 6.45) is 1.60. The number of hydrogen-bond donors (Lipinski definition) is 8. The molecule has 0 fully saturated rings. The van der Waals surface area contributed by atoms with Crippen molar-refractivity contribution in [1.82, 2.24) is 0 Å². The minimum Gasteiger partial charge on any atom is -0.480 e. The van der Waals surface area contributed by atoms with Crippen LogP contribution in [-0.4, -0.2) is 91.5 Å². The van der Waals surface area contributed by atoms with Crippen LogP contribution in [0.15, 0.2) is 0 Å². The number of rotatable bonds is 18. The van der Waals surface area contributed by atoms with Crippen molar-refractivity contribution in [1.29, 1.82) is 0 Å². The van der Waals surface area contributed by atoms with Crippen molar-refractivity contribution >= 4 is 67.1 Å². The Morgan fingerprint density at radius 1 is 0.469 bits per heavy atom. The molecule has 0 aliphatic rings. The van der Waals surface area contributed by atoms with Crippen molar-refractivity contribution in [3.63, 3.8) is 0 Å². The predicted molar refractivity (Wildman–Crippen MR) is 131 cm³/mol. The number of aliphatic carboxylic acids is 4. The molecule has 0 aliphatic heterocycles. The molecule has 0 radical (unpaired) electrons. The summed E-state index contributed by atoms with van der Waals surface area (Å²) in [5.74, 6) is -1.50. The van der Waals surface area contributed by atoms with Gasteiger partial charge in [-0.05, 0) is 25.7 Å². The fourth-order valence-corrected chi connectivity index (χ4v) is 5.87. The first-order chi connectivity index (χ1) is 14.9. The van der Waals surface area contributed by atoms with E-state index in [1.807, 2.05) is 0 Å². The van der Waals surface area contributed by atoms with Gasteiger partial charge >= 0.3 is 23.9 Å². The smallest absolute Gasteiger partial charge is 0.320 e. The lowest BCUT2D eigenvalue weighted by Gasteiger charge is -2.06. The van der Waals surface area contributed by atoms with Gasteiger partial charge in [0.1, 0.15) is 24.2 Å². The Bertz CT molecular complexity index is 480. The molecule has 188 valence electrons. The number of carboxylic acids is 4. The standard InChI is InChI=1S/2C8H16N2O4S2/c2*9-5(7(11)12)1-3-15-16-4-2-6(10)8(13)14/h2*5-6H,1-4,9-10H2,(H,11,12)(H,13,14). The molecular weight excluding hydrogens is 504 g/mol. The molecule has 0 aromatic carbocycles. The van der Waals surface area contributed by atoms with Crippen LogP contribution in [0.25, 0.3) is 0 Å². The summed E-state index contributed by atoms with van der Waals surface area (Å²) in [6.45, 7) is 0. The van der Waals surface area contributed by atoms with Gasteiger partial charge < -0.3 is 43.4 Å². The second kappa shape index (κ2) is 20.7. The maximum absolute atomic E-state index is 10.4. The average molecular weight is 537 g/mol. The van der Waals surface area contributed by atoms with Crippen LogP contribution in [0.4, 0.5) is 0 Å². The van der Waals surface area contributed by atoms with Gasteiger partial charge in [0.05, 0.1) is 0 Å². The quantitative estimate of drug-likeness (QED) is 0.0843. The average Bonchev–Trinajstić information content (AvgIpc) is 2.72. The number of carbonyl (C=O) groups is 4. The second-order valence-electron chi connectivity index (χ2n) is 6.22. The third-order valence-corrected chi connectivity index (χ3v) is 8.43. The SMILES string of the molecule is NC(CCSSCCC(N)C(=O)O)C(=O)O.NC(CCSSCCC(N)C(=O)O)C(=O)O. The molecule has 4 unspecified atom stereocenters. The van der Waals surface area contributed by atoms with E-state index in [1.165, 1.54) is 43.2 Å². The summed E-state index contributed by atoms with van der Waals surface area (Å²) < 4.78 is 0. The summed E-state index contributed by atoms with van der Waals surface area (Å²) in [6, 6.07) is -3.30. The van der Waals surface area contributed by atoms with Gasteiger partial charge in [0.15, 0.2) is 0 Å². The van der Waals surface area contributed by atoms with Gasteiger partial charge in [-0.3, -0.25) is 19.2 Å². The molecule has 16 heteroatoms. The van der Waals surface area contributed by atoms with E-state index >= 15 is 0 Å². The van der Waals surface area contributed by atoms with Crippen LogP contribution in [0.5, 0.6) is 0 Å². The molecule has 4 atom stereocenters. The van der Waals surface area contributed by atoms with Gasteiger partial charge in [-0.1, -0.05) is 43.2 Å². The van der Waals surface area contributed by atoms with Gasteiger partial charge in [0, 0.05) is 23.0 Å². The van der Waals surface area contributed by atoms with Crippen LogP contribution >= 0.6 is 43.2 Å².